The van der Waals surface area contributed by atoms with Crippen LogP contribution in [0.15, 0.2) is 42.9 Å². The van der Waals surface area contributed by atoms with Crippen LogP contribution in [0.25, 0.3) is 16.9 Å². The lowest BCUT2D eigenvalue weighted by Gasteiger charge is -2.24. The van der Waals surface area contributed by atoms with Crippen molar-refractivity contribution in [3.63, 3.8) is 0 Å². The summed E-state index contributed by atoms with van der Waals surface area (Å²) in [7, 11) is 0. The van der Waals surface area contributed by atoms with Crippen LogP contribution in [-0.4, -0.2) is 25.7 Å². The Hall–Kier alpha value is -2.71. The normalized spacial score (nSPS) is 20.0. The van der Waals surface area contributed by atoms with Gasteiger partial charge in [0.25, 0.3) is 0 Å². The lowest BCUT2D eigenvalue weighted by atomic mass is 9.84. The SMILES string of the molecule is N#Cc1ccc(-n2cnc3cc(C(=O)C4CCCC(Cl)C4)cnc32)cc1. The fraction of sp³-hybridized carbons (Fsp3) is 0.300. The Morgan fingerprint density at radius 2 is 2.04 bits per heavy atom. The third-order valence-corrected chi connectivity index (χ3v) is 5.32. The number of carbonyl (C=O) groups excluding carboxylic acids is 1. The number of fused-ring (bicyclic) bond motifs is 1. The van der Waals surface area contributed by atoms with E-state index in [4.69, 9.17) is 16.9 Å². The first-order valence-electron chi connectivity index (χ1n) is 8.67. The van der Waals surface area contributed by atoms with Crippen molar-refractivity contribution in [3.05, 3.63) is 54.0 Å². The lowest BCUT2D eigenvalue weighted by molar-refractivity contribution is 0.0890. The second kappa shape index (κ2) is 6.89. The Morgan fingerprint density at radius 1 is 1.23 bits per heavy atom. The Bertz CT molecular complexity index is 1000. The van der Waals surface area contributed by atoms with Crippen LogP contribution in [0.4, 0.5) is 0 Å². The number of hydrogen-bond acceptors (Lipinski definition) is 4. The standard InChI is InChI=1S/C20H17ClN4O/c21-16-3-1-2-14(8-16)19(26)15-9-18-20(23-11-15)25(12-24-18)17-6-4-13(10-22)5-7-17/h4-7,9,11-12,14,16H,1-3,8H2. The second-order valence-corrected chi connectivity index (χ2v) is 7.28. The minimum Gasteiger partial charge on any atom is -0.294 e. The first kappa shape index (κ1) is 16.7. The molecule has 26 heavy (non-hydrogen) atoms. The maximum Gasteiger partial charge on any atom is 0.167 e. The molecule has 2 heterocycles. The van der Waals surface area contributed by atoms with Gasteiger partial charge < -0.3 is 0 Å². The smallest absolute Gasteiger partial charge is 0.167 e. The third kappa shape index (κ3) is 3.09. The molecule has 1 aliphatic carbocycles. The van der Waals surface area contributed by atoms with Crippen molar-refractivity contribution in [1.82, 2.24) is 14.5 Å². The average Bonchev–Trinajstić information content (AvgIpc) is 3.10. The number of imidazole rings is 1. The minimum absolute atomic E-state index is 0.0221. The van der Waals surface area contributed by atoms with Crippen LogP contribution < -0.4 is 0 Å². The number of hydrogen-bond donors (Lipinski definition) is 0. The number of benzene rings is 1. The van der Waals surface area contributed by atoms with Crippen LogP contribution in [-0.2, 0) is 0 Å². The molecule has 2 atom stereocenters. The zero-order valence-corrected chi connectivity index (χ0v) is 14.9. The van der Waals surface area contributed by atoms with E-state index < -0.39 is 0 Å². The summed E-state index contributed by atoms with van der Waals surface area (Å²) >= 11 is 6.23. The number of carbonyl (C=O) groups is 1. The largest absolute Gasteiger partial charge is 0.294 e. The van der Waals surface area contributed by atoms with Gasteiger partial charge in [-0.15, -0.1) is 11.6 Å². The molecule has 0 N–H and O–H groups in total. The van der Waals surface area contributed by atoms with E-state index >= 15 is 0 Å². The summed E-state index contributed by atoms with van der Waals surface area (Å²) in [6.45, 7) is 0. The van der Waals surface area contributed by atoms with Crippen molar-refractivity contribution in [2.24, 2.45) is 5.92 Å². The Labute approximate surface area is 156 Å². The molecule has 0 saturated heterocycles. The average molecular weight is 365 g/mol. The van der Waals surface area contributed by atoms with Crippen LogP contribution in [0.1, 0.15) is 41.6 Å². The summed E-state index contributed by atoms with van der Waals surface area (Å²) < 4.78 is 1.85. The van der Waals surface area contributed by atoms with Gasteiger partial charge in [-0.1, -0.05) is 6.42 Å². The molecule has 0 amide bonds. The molecule has 1 saturated carbocycles. The highest BCUT2D eigenvalue weighted by Gasteiger charge is 2.27. The minimum atomic E-state index is -0.0221. The highest BCUT2D eigenvalue weighted by molar-refractivity contribution is 6.20. The van der Waals surface area contributed by atoms with E-state index in [0.717, 1.165) is 31.4 Å². The van der Waals surface area contributed by atoms with Crippen molar-refractivity contribution in [3.8, 4) is 11.8 Å². The van der Waals surface area contributed by atoms with E-state index in [0.29, 0.717) is 22.3 Å². The summed E-state index contributed by atoms with van der Waals surface area (Å²) in [4.78, 5) is 21.6. The fourth-order valence-corrected chi connectivity index (χ4v) is 3.89. The van der Waals surface area contributed by atoms with Gasteiger partial charge in [0.2, 0.25) is 0 Å². The summed E-state index contributed by atoms with van der Waals surface area (Å²) in [5.41, 5.74) is 3.43. The van der Waals surface area contributed by atoms with E-state index in [2.05, 4.69) is 16.0 Å². The molecule has 5 nitrogen and oxygen atoms in total. The van der Waals surface area contributed by atoms with Gasteiger partial charge in [-0.05, 0) is 49.6 Å². The number of pyridine rings is 1. The molecule has 0 bridgehead atoms. The predicted octanol–water partition coefficient (Wildman–Crippen LogP) is 4.27. The second-order valence-electron chi connectivity index (χ2n) is 6.67. The number of aromatic nitrogens is 3. The van der Waals surface area contributed by atoms with E-state index in [1.165, 1.54) is 0 Å². The van der Waals surface area contributed by atoms with E-state index in [9.17, 15) is 4.79 Å². The van der Waals surface area contributed by atoms with Gasteiger partial charge in [-0.2, -0.15) is 5.26 Å². The van der Waals surface area contributed by atoms with Crippen molar-refractivity contribution < 1.29 is 4.79 Å². The molecule has 1 aliphatic rings. The zero-order chi connectivity index (χ0) is 18.1. The third-order valence-electron chi connectivity index (χ3n) is 4.93. The number of ketones is 1. The maximum absolute atomic E-state index is 12.8. The van der Waals surface area contributed by atoms with Crippen molar-refractivity contribution in [2.45, 2.75) is 31.1 Å². The molecule has 2 aromatic heterocycles. The number of nitrogens with zero attached hydrogens (tertiary/aromatic N) is 4. The number of Topliss-reactive ketones (excluding diaryl/α,β-unsaturated/α-hetero) is 1. The molecule has 0 spiro atoms. The Morgan fingerprint density at radius 3 is 2.77 bits per heavy atom. The molecule has 130 valence electrons. The molecule has 0 radical (unpaired) electrons. The van der Waals surface area contributed by atoms with Crippen LogP contribution in [0.3, 0.4) is 0 Å². The van der Waals surface area contributed by atoms with E-state index in [-0.39, 0.29) is 17.1 Å². The first-order chi connectivity index (χ1) is 12.7. The van der Waals surface area contributed by atoms with Gasteiger partial charge in [0.05, 0.1) is 11.6 Å². The summed E-state index contributed by atoms with van der Waals surface area (Å²) in [6.07, 6.45) is 6.91. The fourth-order valence-electron chi connectivity index (χ4n) is 3.53. The zero-order valence-electron chi connectivity index (χ0n) is 14.1. The first-order valence-corrected chi connectivity index (χ1v) is 9.11. The molecule has 1 aromatic carbocycles. The van der Waals surface area contributed by atoms with Gasteiger partial charge >= 0.3 is 0 Å². The highest BCUT2D eigenvalue weighted by atomic mass is 35.5. The summed E-state index contributed by atoms with van der Waals surface area (Å²) in [6, 6.07) is 11.1. The van der Waals surface area contributed by atoms with Crippen LogP contribution in [0.5, 0.6) is 0 Å². The molecule has 2 unspecified atom stereocenters. The Balaban J connectivity index is 1.64. The van der Waals surface area contributed by atoms with Crippen LogP contribution >= 0.6 is 11.6 Å². The quantitative estimate of drug-likeness (QED) is 0.514. The van der Waals surface area contributed by atoms with Crippen molar-refractivity contribution >= 4 is 28.5 Å². The number of alkyl halides is 1. The predicted molar refractivity (Wildman–Crippen MR) is 99.5 cm³/mol. The Kier molecular flexibility index (Phi) is 4.44. The van der Waals surface area contributed by atoms with Gasteiger partial charge in [-0.3, -0.25) is 9.36 Å². The van der Waals surface area contributed by atoms with E-state index in [1.807, 2.05) is 22.8 Å². The highest BCUT2D eigenvalue weighted by Crippen LogP contribution is 2.30. The maximum atomic E-state index is 12.8. The van der Waals surface area contributed by atoms with Crippen LogP contribution in [0.2, 0.25) is 0 Å². The number of nitriles is 1. The molecular formula is C20H17ClN4O. The topological polar surface area (TPSA) is 71.6 Å². The lowest BCUT2D eigenvalue weighted by Crippen LogP contribution is -2.23. The molecule has 0 aliphatic heterocycles. The summed E-state index contributed by atoms with van der Waals surface area (Å²) in [5.74, 6) is 0.0868. The monoisotopic (exact) mass is 364 g/mol. The van der Waals surface area contributed by atoms with Gasteiger partial charge in [-0.25, -0.2) is 9.97 Å². The molecule has 3 aromatic rings. The molecule has 4 rings (SSSR count). The van der Waals surface area contributed by atoms with Crippen molar-refractivity contribution in [1.29, 1.82) is 5.26 Å². The van der Waals surface area contributed by atoms with Crippen LogP contribution in [0, 0.1) is 17.2 Å². The molecule has 1 fully saturated rings. The van der Waals surface area contributed by atoms with Gasteiger partial charge in [0, 0.05) is 28.7 Å². The molecule has 6 heteroatoms. The number of halogens is 1. The summed E-state index contributed by atoms with van der Waals surface area (Å²) in [5, 5.41) is 9.00. The molecular weight excluding hydrogens is 348 g/mol. The van der Waals surface area contributed by atoms with Gasteiger partial charge in [0.1, 0.15) is 11.8 Å². The van der Waals surface area contributed by atoms with Gasteiger partial charge in [0.15, 0.2) is 11.4 Å². The number of rotatable bonds is 3. The van der Waals surface area contributed by atoms with E-state index in [1.54, 1.807) is 24.7 Å². The van der Waals surface area contributed by atoms with Crippen molar-refractivity contribution in [2.75, 3.05) is 0 Å².